The lowest BCUT2D eigenvalue weighted by Gasteiger charge is -2.17. The van der Waals surface area contributed by atoms with E-state index in [1.807, 2.05) is 50.2 Å². The van der Waals surface area contributed by atoms with E-state index in [-0.39, 0.29) is 6.04 Å². The number of aromatic nitrogens is 1. The molecule has 2 aromatic rings. The Hall–Kier alpha value is -2.23. The van der Waals surface area contributed by atoms with Gasteiger partial charge in [0.05, 0.1) is 24.9 Å². The second-order valence-corrected chi connectivity index (χ2v) is 4.65. The predicted molar refractivity (Wildman–Crippen MR) is 85.1 cm³/mol. The summed E-state index contributed by atoms with van der Waals surface area (Å²) in [6, 6.07) is 11.9. The zero-order valence-electron chi connectivity index (χ0n) is 12.8. The van der Waals surface area contributed by atoms with Gasteiger partial charge in [-0.25, -0.2) is 0 Å². The zero-order valence-corrected chi connectivity index (χ0v) is 12.8. The van der Waals surface area contributed by atoms with Crippen molar-refractivity contribution in [2.45, 2.75) is 26.8 Å². The van der Waals surface area contributed by atoms with E-state index < -0.39 is 0 Å². The Morgan fingerprint density at radius 2 is 1.81 bits per heavy atom. The van der Waals surface area contributed by atoms with Crippen LogP contribution < -0.4 is 14.8 Å². The highest BCUT2D eigenvalue weighted by Gasteiger charge is 2.09. The third-order valence-corrected chi connectivity index (χ3v) is 3.06. The van der Waals surface area contributed by atoms with Gasteiger partial charge in [0, 0.05) is 18.0 Å². The van der Waals surface area contributed by atoms with Crippen LogP contribution in [0.5, 0.6) is 11.5 Å². The third-order valence-electron chi connectivity index (χ3n) is 3.06. The van der Waals surface area contributed by atoms with Crippen molar-refractivity contribution in [3.05, 3.63) is 48.3 Å². The molecule has 4 nitrogen and oxygen atoms in total. The van der Waals surface area contributed by atoms with Crippen molar-refractivity contribution >= 4 is 5.69 Å². The van der Waals surface area contributed by atoms with Crippen LogP contribution in [-0.2, 0) is 0 Å². The van der Waals surface area contributed by atoms with Gasteiger partial charge >= 0.3 is 0 Å². The molecule has 1 atom stereocenters. The van der Waals surface area contributed by atoms with Crippen molar-refractivity contribution in [1.29, 1.82) is 0 Å². The van der Waals surface area contributed by atoms with Gasteiger partial charge in [-0.1, -0.05) is 6.07 Å². The molecule has 0 aliphatic rings. The number of nitrogens with zero attached hydrogens (tertiary/aromatic N) is 1. The maximum atomic E-state index is 5.64. The van der Waals surface area contributed by atoms with E-state index in [0.717, 1.165) is 22.9 Å². The second-order valence-electron chi connectivity index (χ2n) is 4.65. The monoisotopic (exact) mass is 286 g/mol. The number of pyridine rings is 1. The average molecular weight is 286 g/mol. The lowest BCUT2D eigenvalue weighted by molar-refractivity contribution is 0.288. The van der Waals surface area contributed by atoms with E-state index in [9.17, 15) is 0 Å². The van der Waals surface area contributed by atoms with Gasteiger partial charge in [-0.15, -0.1) is 0 Å². The standard InChI is InChI=1S/C17H22N2O2/c1-4-20-16-10-9-14(12-17(16)21-5-2)19-13(3)15-8-6-7-11-18-15/h6-13,19H,4-5H2,1-3H3. The molecule has 0 spiro atoms. The summed E-state index contributed by atoms with van der Waals surface area (Å²) in [5, 5.41) is 3.43. The van der Waals surface area contributed by atoms with Gasteiger partial charge < -0.3 is 14.8 Å². The molecule has 21 heavy (non-hydrogen) atoms. The quantitative estimate of drug-likeness (QED) is 0.834. The van der Waals surface area contributed by atoms with Gasteiger partial charge in [0.25, 0.3) is 0 Å². The molecular formula is C17H22N2O2. The Labute approximate surface area is 126 Å². The lowest BCUT2D eigenvalue weighted by Crippen LogP contribution is -2.08. The summed E-state index contributed by atoms with van der Waals surface area (Å²) in [6.45, 7) is 7.24. The molecule has 0 amide bonds. The first-order chi connectivity index (χ1) is 10.2. The highest BCUT2D eigenvalue weighted by atomic mass is 16.5. The molecule has 4 heteroatoms. The largest absolute Gasteiger partial charge is 0.490 e. The molecule has 0 saturated heterocycles. The number of hydrogen-bond acceptors (Lipinski definition) is 4. The lowest BCUT2D eigenvalue weighted by atomic mass is 10.2. The molecule has 0 aliphatic carbocycles. The summed E-state index contributed by atoms with van der Waals surface area (Å²) in [6.07, 6.45) is 1.80. The van der Waals surface area contributed by atoms with Crippen LogP contribution in [0.4, 0.5) is 5.69 Å². The van der Waals surface area contributed by atoms with Crippen LogP contribution in [0, 0.1) is 0 Å². The number of benzene rings is 1. The molecule has 2 rings (SSSR count). The van der Waals surface area contributed by atoms with Crippen LogP contribution in [-0.4, -0.2) is 18.2 Å². The Morgan fingerprint density at radius 1 is 1.05 bits per heavy atom. The minimum atomic E-state index is 0.124. The summed E-state index contributed by atoms with van der Waals surface area (Å²) in [5.74, 6) is 1.54. The van der Waals surface area contributed by atoms with Crippen molar-refractivity contribution in [3.63, 3.8) is 0 Å². The molecule has 1 aromatic heterocycles. The smallest absolute Gasteiger partial charge is 0.163 e. The third kappa shape index (κ3) is 4.12. The van der Waals surface area contributed by atoms with Crippen LogP contribution in [0.25, 0.3) is 0 Å². The van der Waals surface area contributed by atoms with E-state index >= 15 is 0 Å². The van der Waals surface area contributed by atoms with Gasteiger partial charge in [0.2, 0.25) is 0 Å². The Bertz CT molecular complexity index is 558. The fourth-order valence-corrected chi connectivity index (χ4v) is 2.10. The summed E-state index contributed by atoms with van der Waals surface area (Å²) in [5.41, 5.74) is 1.99. The van der Waals surface area contributed by atoms with Gasteiger partial charge in [-0.3, -0.25) is 4.98 Å². The van der Waals surface area contributed by atoms with Crippen molar-refractivity contribution in [2.24, 2.45) is 0 Å². The molecular weight excluding hydrogens is 264 g/mol. The van der Waals surface area contributed by atoms with Crippen molar-refractivity contribution in [2.75, 3.05) is 18.5 Å². The van der Waals surface area contributed by atoms with Crippen LogP contribution in [0.2, 0.25) is 0 Å². The Balaban J connectivity index is 2.14. The zero-order chi connectivity index (χ0) is 15.1. The first-order valence-electron chi connectivity index (χ1n) is 7.31. The van der Waals surface area contributed by atoms with E-state index in [2.05, 4.69) is 17.2 Å². The van der Waals surface area contributed by atoms with Gasteiger partial charge in [-0.05, 0) is 45.0 Å². The highest BCUT2D eigenvalue weighted by Crippen LogP contribution is 2.31. The van der Waals surface area contributed by atoms with E-state index in [4.69, 9.17) is 9.47 Å². The van der Waals surface area contributed by atoms with Crippen molar-refractivity contribution in [1.82, 2.24) is 4.98 Å². The van der Waals surface area contributed by atoms with E-state index in [0.29, 0.717) is 13.2 Å². The minimum absolute atomic E-state index is 0.124. The molecule has 0 saturated carbocycles. The number of rotatable bonds is 7. The SMILES string of the molecule is CCOc1ccc(NC(C)c2ccccn2)cc1OCC. The van der Waals surface area contributed by atoms with Crippen molar-refractivity contribution < 1.29 is 9.47 Å². The van der Waals surface area contributed by atoms with Gasteiger partial charge in [0.15, 0.2) is 11.5 Å². The van der Waals surface area contributed by atoms with Crippen molar-refractivity contribution in [3.8, 4) is 11.5 Å². The van der Waals surface area contributed by atoms with Crippen LogP contribution in [0.1, 0.15) is 32.5 Å². The van der Waals surface area contributed by atoms with Crippen LogP contribution in [0.15, 0.2) is 42.6 Å². The first kappa shape index (κ1) is 15.2. The van der Waals surface area contributed by atoms with E-state index in [1.54, 1.807) is 6.20 Å². The number of anilines is 1. The minimum Gasteiger partial charge on any atom is -0.490 e. The molecule has 1 N–H and O–H groups in total. The fraction of sp³-hybridized carbons (Fsp3) is 0.353. The molecule has 1 heterocycles. The predicted octanol–water partition coefficient (Wildman–Crippen LogP) is 4.05. The Morgan fingerprint density at radius 3 is 2.48 bits per heavy atom. The number of ether oxygens (including phenoxy) is 2. The van der Waals surface area contributed by atoms with E-state index in [1.165, 1.54) is 0 Å². The number of hydrogen-bond donors (Lipinski definition) is 1. The summed E-state index contributed by atoms with van der Waals surface area (Å²) < 4.78 is 11.2. The molecule has 0 bridgehead atoms. The second kappa shape index (κ2) is 7.53. The van der Waals surface area contributed by atoms with Crippen LogP contribution in [0.3, 0.4) is 0 Å². The topological polar surface area (TPSA) is 43.4 Å². The molecule has 112 valence electrons. The summed E-state index contributed by atoms with van der Waals surface area (Å²) in [4.78, 5) is 4.36. The maximum Gasteiger partial charge on any atom is 0.163 e. The van der Waals surface area contributed by atoms with Gasteiger partial charge in [-0.2, -0.15) is 0 Å². The number of nitrogens with one attached hydrogen (secondary N) is 1. The van der Waals surface area contributed by atoms with Crippen LogP contribution >= 0.6 is 0 Å². The molecule has 0 radical (unpaired) electrons. The average Bonchev–Trinajstić information content (AvgIpc) is 2.51. The fourth-order valence-electron chi connectivity index (χ4n) is 2.10. The molecule has 1 unspecified atom stereocenters. The highest BCUT2D eigenvalue weighted by molar-refractivity contribution is 5.55. The normalized spacial score (nSPS) is 11.8. The summed E-state index contributed by atoms with van der Waals surface area (Å²) in [7, 11) is 0. The molecule has 0 fully saturated rings. The molecule has 1 aromatic carbocycles. The Kier molecular flexibility index (Phi) is 5.43. The maximum absolute atomic E-state index is 5.64. The molecule has 0 aliphatic heterocycles. The van der Waals surface area contributed by atoms with Gasteiger partial charge in [0.1, 0.15) is 0 Å². The first-order valence-corrected chi connectivity index (χ1v) is 7.31. The summed E-state index contributed by atoms with van der Waals surface area (Å²) >= 11 is 0.